The summed E-state index contributed by atoms with van der Waals surface area (Å²) in [6.45, 7) is 5.89. The molecule has 0 atom stereocenters. The van der Waals surface area contributed by atoms with Crippen LogP contribution in [-0.4, -0.2) is 19.1 Å². The Morgan fingerprint density at radius 3 is 2.10 bits per heavy atom. The molecule has 6 heteroatoms. The minimum Gasteiger partial charge on any atom is -0.398 e. The van der Waals surface area contributed by atoms with Crippen LogP contribution in [0.25, 0.3) is 77.8 Å². The monoisotopic (exact) mass is 790 g/mol. The molecule has 8 aromatic rings. The number of aryl methyl sites for hydroxylation is 2. The number of benzene rings is 4. The third kappa shape index (κ3) is 6.82. The van der Waals surface area contributed by atoms with Gasteiger partial charge in [-0.1, -0.05) is 103 Å². The third-order valence-electron chi connectivity index (χ3n) is 12.0. The van der Waals surface area contributed by atoms with Gasteiger partial charge in [-0.3, -0.25) is 9.13 Å². The predicted molar refractivity (Wildman–Crippen MR) is 257 cm³/mol. The van der Waals surface area contributed by atoms with E-state index in [0.717, 1.165) is 87.2 Å². The van der Waals surface area contributed by atoms with Crippen molar-refractivity contribution < 1.29 is 0 Å². The number of allylic oxidation sites excluding steroid dienone is 13. The smallest absolute Gasteiger partial charge is 0.137 e. The topological polar surface area (TPSA) is 87.7 Å². The van der Waals surface area contributed by atoms with Crippen molar-refractivity contribution in [1.82, 2.24) is 19.1 Å². The van der Waals surface area contributed by atoms with Crippen LogP contribution in [0.1, 0.15) is 42.0 Å². The number of hydrogen-bond acceptors (Lipinski definition) is 4. The van der Waals surface area contributed by atoms with Crippen molar-refractivity contribution in [3.63, 3.8) is 0 Å². The van der Waals surface area contributed by atoms with E-state index in [1.807, 2.05) is 48.8 Å². The molecule has 0 bridgehead atoms. The maximum Gasteiger partial charge on any atom is 0.137 e. The molecule has 2 aliphatic carbocycles. The van der Waals surface area contributed by atoms with Gasteiger partial charge in [0.1, 0.15) is 11.6 Å². The molecule has 4 heterocycles. The zero-order chi connectivity index (χ0) is 41.5. The molecule has 4 N–H and O–H groups in total. The lowest BCUT2D eigenvalue weighted by molar-refractivity contribution is 0.941. The first-order valence-corrected chi connectivity index (χ1v) is 20.9. The molecule has 0 saturated heterocycles. The van der Waals surface area contributed by atoms with Gasteiger partial charge in [0.05, 0.1) is 22.1 Å². The predicted octanol–water partition coefficient (Wildman–Crippen LogP) is 12.6. The van der Waals surface area contributed by atoms with Crippen LogP contribution >= 0.6 is 0 Å². The Morgan fingerprint density at radius 2 is 1.39 bits per heavy atom. The zero-order valence-corrected chi connectivity index (χ0v) is 34.2. The molecule has 0 fully saturated rings. The van der Waals surface area contributed by atoms with Crippen molar-refractivity contribution in [1.29, 1.82) is 0 Å². The highest BCUT2D eigenvalue weighted by molar-refractivity contribution is 6.14. The maximum atomic E-state index is 6.76. The molecule has 61 heavy (non-hydrogen) atoms. The van der Waals surface area contributed by atoms with Gasteiger partial charge >= 0.3 is 0 Å². The van der Waals surface area contributed by atoms with Gasteiger partial charge in [0.2, 0.25) is 0 Å². The van der Waals surface area contributed by atoms with E-state index >= 15 is 0 Å². The summed E-state index contributed by atoms with van der Waals surface area (Å²) in [4.78, 5) is 9.75. The van der Waals surface area contributed by atoms with E-state index in [1.165, 1.54) is 49.7 Å². The number of fused-ring (bicyclic) bond motifs is 10. The Labute approximate surface area is 355 Å². The zero-order valence-electron chi connectivity index (χ0n) is 34.2. The minimum absolute atomic E-state index is 0.726. The molecule has 2 aliphatic rings. The summed E-state index contributed by atoms with van der Waals surface area (Å²) in [6.07, 6.45) is 29.8. The lowest BCUT2D eigenvalue weighted by Gasteiger charge is -2.22. The lowest BCUT2D eigenvalue weighted by atomic mass is 9.83. The Kier molecular flexibility index (Phi) is 9.74. The number of aromatic nitrogens is 4. The van der Waals surface area contributed by atoms with Gasteiger partial charge in [0.25, 0.3) is 0 Å². The van der Waals surface area contributed by atoms with Crippen LogP contribution in [0, 0.1) is 0 Å². The molecule has 0 amide bonds. The normalized spacial score (nSPS) is 15.2. The SMILES string of the molecule is C=C/C=C\C/C(C)=C\C=C(/N)c1ccc2c(c1)c1cc3c(cc1n2-c1ccccn1)-c1ccc2c4cc(/C(N)=C/C=C5/C=CC=CC5)ccc4n(-c4ccccn4)c2c1CC3. The molecule has 4 aromatic heterocycles. The first kappa shape index (κ1) is 37.6. The van der Waals surface area contributed by atoms with Crippen LogP contribution in [-0.2, 0) is 12.8 Å². The summed E-state index contributed by atoms with van der Waals surface area (Å²) in [5.41, 5.74) is 29.0. The van der Waals surface area contributed by atoms with Crippen LogP contribution in [0.5, 0.6) is 0 Å². The van der Waals surface area contributed by atoms with Gasteiger partial charge in [-0.25, -0.2) is 9.97 Å². The average Bonchev–Trinajstić information content (AvgIpc) is 3.82. The summed E-state index contributed by atoms with van der Waals surface area (Å²) >= 11 is 0. The molecule has 0 saturated carbocycles. The molecular formula is C55H46N6. The van der Waals surface area contributed by atoms with Gasteiger partial charge in [-0.05, 0) is 144 Å². The van der Waals surface area contributed by atoms with Crippen molar-refractivity contribution in [3.05, 3.63) is 216 Å². The summed E-state index contributed by atoms with van der Waals surface area (Å²) in [5.74, 6) is 1.77. The van der Waals surface area contributed by atoms with Crippen molar-refractivity contribution in [2.45, 2.75) is 32.6 Å². The molecule has 0 radical (unpaired) electrons. The molecule has 0 aliphatic heterocycles. The number of hydrogen-bond donors (Lipinski definition) is 2. The summed E-state index contributed by atoms with van der Waals surface area (Å²) in [5, 5.41) is 4.68. The number of nitrogens with two attached hydrogens (primary N) is 2. The number of rotatable bonds is 9. The highest BCUT2D eigenvalue weighted by Gasteiger charge is 2.26. The molecule has 0 unspecified atom stereocenters. The highest BCUT2D eigenvalue weighted by atomic mass is 15.1. The van der Waals surface area contributed by atoms with E-state index in [9.17, 15) is 0 Å². The third-order valence-corrected chi connectivity index (χ3v) is 12.0. The van der Waals surface area contributed by atoms with Crippen molar-refractivity contribution in [2.75, 3.05) is 0 Å². The summed E-state index contributed by atoms with van der Waals surface area (Å²) in [7, 11) is 0. The summed E-state index contributed by atoms with van der Waals surface area (Å²) in [6, 6.07) is 34.7. The average molecular weight is 791 g/mol. The van der Waals surface area contributed by atoms with Crippen LogP contribution in [0.2, 0.25) is 0 Å². The fraction of sp³-hybridized carbons (Fsp3) is 0.0909. The van der Waals surface area contributed by atoms with Crippen molar-refractivity contribution in [2.24, 2.45) is 11.5 Å². The van der Waals surface area contributed by atoms with E-state index in [0.29, 0.717) is 0 Å². The van der Waals surface area contributed by atoms with Gasteiger partial charge in [-0.2, -0.15) is 0 Å². The second-order valence-corrected chi connectivity index (χ2v) is 15.9. The Bertz CT molecular complexity index is 3270. The van der Waals surface area contributed by atoms with Gasteiger partial charge in [-0.15, -0.1) is 0 Å². The van der Waals surface area contributed by atoms with Crippen LogP contribution in [0.4, 0.5) is 0 Å². The Balaban J connectivity index is 1.14. The van der Waals surface area contributed by atoms with E-state index in [2.05, 4.69) is 144 Å². The van der Waals surface area contributed by atoms with Gasteiger partial charge in [0, 0.05) is 45.3 Å². The number of pyridine rings is 2. The lowest BCUT2D eigenvalue weighted by Crippen LogP contribution is -2.07. The first-order valence-electron chi connectivity index (χ1n) is 20.9. The second-order valence-electron chi connectivity index (χ2n) is 15.9. The molecule has 6 nitrogen and oxygen atoms in total. The van der Waals surface area contributed by atoms with Crippen LogP contribution in [0.15, 0.2) is 194 Å². The Hall–Kier alpha value is -7.70. The maximum absolute atomic E-state index is 6.76. The molecule has 296 valence electrons. The fourth-order valence-electron chi connectivity index (χ4n) is 9.02. The van der Waals surface area contributed by atoms with E-state index < -0.39 is 0 Å². The second kappa shape index (κ2) is 15.8. The quantitative estimate of drug-likeness (QED) is 0.143. The van der Waals surface area contributed by atoms with E-state index in [1.54, 1.807) is 6.08 Å². The van der Waals surface area contributed by atoms with Crippen molar-refractivity contribution >= 4 is 55.0 Å². The van der Waals surface area contributed by atoms with Crippen molar-refractivity contribution in [3.8, 4) is 22.8 Å². The molecule has 4 aromatic carbocycles. The van der Waals surface area contributed by atoms with Gasteiger partial charge < -0.3 is 11.5 Å². The van der Waals surface area contributed by atoms with E-state index in [4.69, 9.17) is 21.4 Å². The standard InChI is InChI=1S/C55H46N6/c1-3-4-6-13-36(2)18-26-48(56)40-21-28-50-46(34-40)47-32-38-20-23-42-41(44(38)35-52(47)60(50)53-16-9-11-30-58-53)24-25-43-45-33-39(49(57)27-19-37-14-7-5-8-15-37)22-29-51(45)61(55(42)43)54-17-10-12-31-59-54/h3-12,14,16-19,21-22,24-35H,1,13,15,20,23,56-57H2,2H3/b6-4-,36-18-,37-19-,48-26-,49-27-. The number of nitrogens with zero attached hydrogens (tertiary/aromatic N) is 4. The molecular weight excluding hydrogens is 745 g/mol. The Morgan fingerprint density at radius 1 is 0.689 bits per heavy atom. The minimum atomic E-state index is 0.726. The van der Waals surface area contributed by atoms with Gasteiger partial charge in [0.15, 0.2) is 0 Å². The van der Waals surface area contributed by atoms with Crippen LogP contribution < -0.4 is 11.5 Å². The largest absolute Gasteiger partial charge is 0.398 e. The van der Waals surface area contributed by atoms with E-state index in [-0.39, 0.29) is 0 Å². The molecule has 10 rings (SSSR count). The summed E-state index contributed by atoms with van der Waals surface area (Å²) < 4.78 is 4.63. The first-order chi connectivity index (χ1) is 30.0. The van der Waals surface area contributed by atoms with Crippen LogP contribution in [0.3, 0.4) is 0 Å². The fourth-order valence-corrected chi connectivity index (χ4v) is 9.02. The molecule has 0 spiro atoms. The highest BCUT2D eigenvalue weighted by Crippen LogP contribution is 2.45.